The van der Waals surface area contributed by atoms with Gasteiger partial charge < -0.3 is 9.80 Å². The quantitative estimate of drug-likeness (QED) is 0.817. The van der Waals surface area contributed by atoms with Gasteiger partial charge in [0, 0.05) is 55.7 Å². The van der Waals surface area contributed by atoms with Crippen molar-refractivity contribution >= 4 is 23.2 Å². The molecule has 0 aromatic carbocycles. The molecule has 0 unspecified atom stereocenters. The molecule has 2 fully saturated rings. The summed E-state index contributed by atoms with van der Waals surface area (Å²) in [5, 5.41) is 9.56. The summed E-state index contributed by atoms with van der Waals surface area (Å²) in [5.74, 6) is 3.05. The average Bonchev–Trinajstić information content (AvgIpc) is 3.29. The number of hydrogen-bond donors (Lipinski definition) is 1. The second kappa shape index (κ2) is 7.89. The Morgan fingerprint density at radius 2 is 1.79 bits per heavy atom. The number of likely N-dealkylation sites (tertiary alicyclic amines) is 1. The fourth-order valence-electron chi connectivity index (χ4n) is 4.39. The minimum Gasteiger partial charge on any atom is -0.343 e. The molecule has 1 aliphatic carbocycles. The maximum Gasteiger partial charge on any atom is 0.223 e. The second-order valence-corrected chi connectivity index (χ2v) is 9.44. The third-order valence-electron chi connectivity index (χ3n) is 6.41. The molecule has 7 nitrogen and oxygen atoms in total. The molecule has 2 aliphatic heterocycles. The SMILES string of the molecule is O=C(CCC(=O)N1CCc2sccc2C1)N1CCC(c2nc(C3CC3)n[nH]2)CC1. The van der Waals surface area contributed by atoms with Gasteiger partial charge in [0.25, 0.3) is 0 Å². The third kappa shape index (κ3) is 4.08. The Morgan fingerprint density at radius 3 is 2.55 bits per heavy atom. The lowest BCUT2D eigenvalue weighted by molar-refractivity contribution is -0.138. The highest BCUT2D eigenvalue weighted by molar-refractivity contribution is 7.10. The van der Waals surface area contributed by atoms with Crippen LogP contribution >= 0.6 is 11.3 Å². The van der Waals surface area contributed by atoms with Gasteiger partial charge in [0.05, 0.1) is 0 Å². The molecule has 2 aromatic rings. The molecule has 3 aliphatic rings. The highest BCUT2D eigenvalue weighted by Gasteiger charge is 2.31. The van der Waals surface area contributed by atoms with Gasteiger partial charge in [-0.15, -0.1) is 11.3 Å². The Balaban J connectivity index is 1.07. The van der Waals surface area contributed by atoms with Crippen LogP contribution in [0.5, 0.6) is 0 Å². The van der Waals surface area contributed by atoms with Gasteiger partial charge in [-0.3, -0.25) is 14.7 Å². The number of aromatic nitrogens is 3. The van der Waals surface area contributed by atoms with E-state index in [0.29, 0.717) is 31.2 Å². The van der Waals surface area contributed by atoms with Crippen molar-refractivity contribution in [2.24, 2.45) is 0 Å². The average molecular weight is 414 g/mol. The molecule has 2 aromatic heterocycles. The van der Waals surface area contributed by atoms with Crippen molar-refractivity contribution in [3.8, 4) is 0 Å². The number of fused-ring (bicyclic) bond motifs is 1. The van der Waals surface area contributed by atoms with Gasteiger partial charge in [-0.05, 0) is 49.1 Å². The zero-order valence-corrected chi connectivity index (χ0v) is 17.4. The first-order valence-electron chi connectivity index (χ1n) is 10.7. The van der Waals surface area contributed by atoms with Crippen LogP contribution in [-0.4, -0.2) is 56.4 Å². The van der Waals surface area contributed by atoms with E-state index < -0.39 is 0 Å². The summed E-state index contributed by atoms with van der Waals surface area (Å²) in [6, 6.07) is 2.11. The first-order valence-corrected chi connectivity index (χ1v) is 11.6. The predicted molar refractivity (Wildman–Crippen MR) is 110 cm³/mol. The van der Waals surface area contributed by atoms with E-state index in [0.717, 1.165) is 50.5 Å². The zero-order valence-electron chi connectivity index (χ0n) is 16.6. The molecule has 8 heteroatoms. The molecule has 1 N–H and O–H groups in total. The Kier molecular flexibility index (Phi) is 5.11. The summed E-state index contributed by atoms with van der Waals surface area (Å²) >= 11 is 1.77. The van der Waals surface area contributed by atoms with Crippen LogP contribution in [0.15, 0.2) is 11.4 Å². The lowest BCUT2D eigenvalue weighted by Gasteiger charge is -2.31. The van der Waals surface area contributed by atoms with Crippen LogP contribution in [0.4, 0.5) is 0 Å². The van der Waals surface area contributed by atoms with Crippen molar-refractivity contribution in [3.05, 3.63) is 33.5 Å². The van der Waals surface area contributed by atoms with Gasteiger partial charge in [0.2, 0.25) is 11.8 Å². The minimum atomic E-state index is 0.0966. The van der Waals surface area contributed by atoms with Gasteiger partial charge in [-0.25, -0.2) is 4.98 Å². The van der Waals surface area contributed by atoms with E-state index in [1.54, 1.807) is 11.3 Å². The maximum absolute atomic E-state index is 12.6. The van der Waals surface area contributed by atoms with Gasteiger partial charge in [0.15, 0.2) is 5.82 Å². The molecule has 0 bridgehead atoms. The monoisotopic (exact) mass is 413 g/mol. The van der Waals surface area contributed by atoms with Crippen LogP contribution in [0, 0.1) is 0 Å². The Hall–Kier alpha value is -2.22. The van der Waals surface area contributed by atoms with Crippen LogP contribution in [-0.2, 0) is 22.6 Å². The number of nitrogens with one attached hydrogen (secondary N) is 1. The number of thiophene rings is 1. The van der Waals surface area contributed by atoms with E-state index in [1.807, 2.05) is 9.80 Å². The molecular weight excluding hydrogens is 386 g/mol. The first-order chi connectivity index (χ1) is 14.2. The summed E-state index contributed by atoms with van der Waals surface area (Å²) < 4.78 is 0. The number of carbonyl (C=O) groups excluding carboxylic acids is 2. The van der Waals surface area contributed by atoms with E-state index in [9.17, 15) is 9.59 Å². The molecular formula is C21H27N5O2S. The third-order valence-corrected chi connectivity index (χ3v) is 7.43. The van der Waals surface area contributed by atoms with E-state index in [2.05, 4.69) is 26.6 Å². The number of amides is 2. The normalized spacial score (nSPS) is 20.0. The number of nitrogens with zero attached hydrogens (tertiary/aromatic N) is 4. The van der Waals surface area contributed by atoms with Crippen LogP contribution < -0.4 is 0 Å². The zero-order chi connectivity index (χ0) is 19.8. The van der Waals surface area contributed by atoms with Crippen LogP contribution in [0.1, 0.15) is 72.5 Å². The molecule has 1 saturated carbocycles. The maximum atomic E-state index is 12.6. The summed E-state index contributed by atoms with van der Waals surface area (Å²) in [6.07, 6.45) is 5.78. The van der Waals surface area contributed by atoms with E-state index in [1.165, 1.54) is 23.3 Å². The lowest BCUT2D eigenvalue weighted by Crippen LogP contribution is -2.39. The smallest absolute Gasteiger partial charge is 0.223 e. The van der Waals surface area contributed by atoms with Crippen LogP contribution in [0.3, 0.4) is 0 Å². The highest BCUT2D eigenvalue weighted by atomic mass is 32.1. The topological polar surface area (TPSA) is 82.2 Å². The van der Waals surface area contributed by atoms with Gasteiger partial charge in [-0.2, -0.15) is 5.10 Å². The predicted octanol–water partition coefficient (Wildman–Crippen LogP) is 2.81. The van der Waals surface area contributed by atoms with Crippen molar-refractivity contribution < 1.29 is 9.59 Å². The molecule has 29 heavy (non-hydrogen) atoms. The number of aromatic amines is 1. The van der Waals surface area contributed by atoms with Gasteiger partial charge in [0.1, 0.15) is 5.82 Å². The first kappa shape index (κ1) is 18.8. The van der Waals surface area contributed by atoms with E-state index in [-0.39, 0.29) is 11.8 Å². The van der Waals surface area contributed by atoms with Crippen LogP contribution in [0.25, 0.3) is 0 Å². The summed E-state index contributed by atoms with van der Waals surface area (Å²) in [6.45, 7) is 2.93. The lowest BCUT2D eigenvalue weighted by atomic mass is 9.96. The molecule has 2 amide bonds. The summed E-state index contributed by atoms with van der Waals surface area (Å²) in [7, 11) is 0. The fourth-order valence-corrected chi connectivity index (χ4v) is 5.28. The van der Waals surface area contributed by atoms with E-state index >= 15 is 0 Å². The molecule has 0 radical (unpaired) electrons. The Bertz CT molecular complexity index is 895. The summed E-state index contributed by atoms with van der Waals surface area (Å²) in [4.78, 5) is 35.0. The van der Waals surface area contributed by atoms with Crippen molar-refractivity contribution in [1.82, 2.24) is 25.0 Å². The fraction of sp³-hybridized carbons (Fsp3) is 0.619. The number of hydrogen-bond acceptors (Lipinski definition) is 5. The highest BCUT2D eigenvalue weighted by Crippen LogP contribution is 2.38. The molecule has 5 rings (SSSR count). The van der Waals surface area contributed by atoms with Gasteiger partial charge >= 0.3 is 0 Å². The van der Waals surface area contributed by atoms with E-state index in [4.69, 9.17) is 0 Å². The van der Waals surface area contributed by atoms with Crippen LogP contribution in [0.2, 0.25) is 0 Å². The van der Waals surface area contributed by atoms with Crippen molar-refractivity contribution in [2.75, 3.05) is 19.6 Å². The number of piperidine rings is 1. The number of carbonyl (C=O) groups is 2. The number of H-pyrrole nitrogens is 1. The van der Waals surface area contributed by atoms with Gasteiger partial charge in [-0.1, -0.05) is 0 Å². The molecule has 0 atom stereocenters. The summed E-state index contributed by atoms with van der Waals surface area (Å²) in [5.41, 5.74) is 1.26. The molecule has 4 heterocycles. The minimum absolute atomic E-state index is 0.0966. The molecule has 154 valence electrons. The van der Waals surface area contributed by atoms with Crippen molar-refractivity contribution in [1.29, 1.82) is 0 Å². The second-order valence-electron chi connectivity index (χ2n) is 8.44. The molecule has 1 saturated heterocycles. The van der Waals surface area contributed by atoms with Crippen molar-refractivity contribution in [2.45, 2.75) is 63.3 Å². The standard InChI is InChI=1S/C21H27N5O2S/c27-18(3-4-19(28)26-11-7-17-16(13-26)8-12-29-17)25-9-5-15(6-10-25)21-22-20(23-24-21)14-1-2-14/h8,12,14-15H,1-7,9-11,13H2,(H,22,23,24). The van der Waals surface area contributed by atoms with Crippen molar-refractivity contribution in [3.63, 3.8) is 0 Å². The molecule has 0 spiro atoms. The largest absolute Gasteiger partial charge is 0.343 e. The Morgan fingerprint density at radius 1 is 1.03 bits per heavy atom. The number of rotatable bonds is 5. The Labute approximate surface area is 174 Å².